The SMILES string of the molecule is CC(=O)c1cc(CC2CCCNC2)nn1C. The van der Waals surface area contributed by atoms with Gasteiger partial charge in [-0.05, 0) is 44.3 Å². The third-order valence-electron chi connectivity index (χ3n) is 3.19. The number of nitrogens with zero attached hydrogens (tertiary/aromatic N) is 2. The molecule has 1 fully saturated rings. The highest BCUT2D eigenvalue weighted by Crippen LogP contribution is 2.16. The number of carbonyl (C=O) groups is 1. The summed E-state index contributed by atoms with van der Waals surface area (Å²) < 4.78 is 1.69. The number of hydrogen-bond acceptors (Lipinski definition) is 3. The molecule has 0 bridgehead atoms. The van der Waals surface area contributed by atoms with Crippen molar-refractivity contribution in [3.05, 3.63) is 17.5 Å². The van der Waals surface area contributed by atoms with Crippen LogP contribution in [0.4, 0.5) is 0 Å². The third kappa shape index (κ3) is 2.50. The van der Waals surface area contributed by atoms with Crippen LogP contribution in [0, 0.1) is 5.92 Å². The fourth-order valence-electron chi connectivity index (χ4n) is 2.35. The fraction of sp³-hybridized carbons (Fsp3) is 0.667. The molecule has 1 aliphatic heterocycles. The second kappa shape index (κ2) is 4.78. The highest BCUT2D eigenvalue weighted by atomic mass is 16.1. The molecule has 1 aromatic heterocycles. The fourth-order valence-corrected chi connectivity index (χ4v) is 2.35. The minimum atomic E-state index is 0.0861. The molecular formula is C12H19N3O. The molecule has 0 spiro atoms. The van der Waals surface area contributed by atoms with Gasteiger partial charge in [0.2, 0.25) is 0 Å². The maximum absolute atomic E-state index is 11.3. The van der Waals surface area contributed by atoms with E-state index < -0.39 is 0 Å². The molecule has 16 heavy (non-hydrogen) atoms. The van der Waals surface area contributed by atoms with Gasteiger partial charge in [0.25, 0.3) is 0 Å². The highest BCUT2D eigenvalue weighted by molar-refractivity contribution is 5.92. The van der Waals surface area contributed by atoms with E-state index in [0.717, 1.165) is 25.2 Å². The van der Waals surface area contributed by atoms with Gasteiger partial charge in [-0.2, -0.15) is 5.10 Å². The van der Waals surface area contributed by atoms with E-state index in [1.165, 1.54) is 12.8 Å². The van der Waals surface area contributed by atoms with Crippen LogP contribution in [0.2, 0.25) is 0 Å². The molecule has 0 radical (unpaired) electrons. The molecule has 2 rings (SSSR count). The zero-order valence-corrected chi connectivity index (χ0v) is 9.99. The summed E-state index contributed by atoms with van der Waals surface area (Å²) in [5.41, 5.74) is 1.75. The van der Waals surface area contributed by atoms with Crippen LogP contribution in [0.5, 0.6) is 0 Å². The van der Waals surface area contributed by atoms with Crippen LogP contribution in [0.25, 0.3) is 0 Å². The van der Waals surface area contributed by atoms with Crippen molar-refractivity contribution in [2.24, 2.45) is 13.0 Å². The first kappa shape index (κ1) is 11.3. The molecule has 2 heterocycles. The van der Waals surface area contributed by atoms with E-state index in [2.05, 4.69) is 10.4 Å². The van der Waals surface area contributed by atoms with E-state index >= 15 is 0 Å². The predicted molar refractivity (Wildman–Crippen MR) is 62.5 cm³/mol. The Morgan fingerprint density at radius 3 is 3.06 bits per heavy atom. The van der Waals surface area contributed by atoms with Crippen LogP contribution < -0.4 is 5.32 Å². The van der Waals surface area contributed by atoms with Crippen LogP contribution in [0.3, 0.4) is 0 Å². The summed E-state index contributed by atoms with van der Waals surface area (Å²) in [5, 5.41) is 7.79. The quantitative estimate of drug-likeness (QED) is 0.779. The molecule has 1 unspecified atom stereocenters. The Morgan fingerprint density at radius 1 is 1.69 bits per heavy atom. The Hall–Kier alpha value is -1.16. The van der Waals surface area contributed by atoms with Gasteiger partial charge in [0.15, 0.2) is 5.78 Å². The minimum Gasteiger partial charge on any atom is -0.316 e. The maximum Gasteiger partial charge on any atom is 0.177 e. The monoisotopic (exact) mass is 221 g/mol. The van der Waals surface area contributed by atoms with E-state index in [1.54, 1.807) is 11.6 Å². The molecule has 4 nitrogen and oxygen atoms in total. The Morgan fingerprint density at radius 2 is 2.50 bits per heavy atom. The summed E-state index contributed by atoms with van der Waals surface area (Å²) in [6, 6.07) is 1.93. The van der Waals surface area contributed by atoms with Gasteiger partial charge in [0, 0.05) is 14.0 Å². The Balaban J connectivity index is 2.03. The lowest BCUT2D eigenvalue weighted by atomic mass is 9.95. The van der Waals surface area contributed by atoms with Gasteiger partial charge < -0.3 is 5.32 Å². The van der Waals surface area contributed by atoms with Crippen molar-refractivity contribution in [2.75, 3.05) is 13.1 Å². The Kier molecular flexibility index (Phi) is 3.39. The Bertz CT molecular complexity index is 378. The van der Waals surface area contributed by atoms with Crippen molar-refractivity contribution < 1.29 is 4.79 Å². The second-order valence-electron chi connectivity index (χ2n) is 4.62. The van der Waals surface area contributed by atoms with E-state index in [1.807, 2.05) is 13.1 Å². The van der Waals surface area contributed by atoms with Crippen LogP contribution >= 0.6 is 0 Å². The Labute approximate surface area is 96.0 Å². The second-order valence-corrected chi connectivity index (χ2v) is 4.62. The van der Waals surface area contributed by atoms with E-state index in [-0.39, 0.29) is 5.78 Å². The molecule has 1 aliphatic rings. The number of aromatic nitrogens is 2. The summed E-state index contributed by atoms with van der Waals surface area (Å²) in [6.45, 7) is 3.80. The molecule has 1 aromatic rings. The smallest absolute Gasteiger partial charge is 0.177 e. The maximum atomic E-state index is 11.3. The summed E-state index contributed by atoms with van der Waals surface area (Å²) in [4.78, 5) is 11.3. The third-order valence-corrected chi connectivity index (χ3v) is 3.19. The molecule has 0 aromatic carbocycles. The standard InChI is InChI=1S/C12H19N3O/c1-9(16)12-7-11(14-15(12)2)6-10-4-3-5-13-8-10/h7,10,13H,3-6,8H2,1-2H3. The molecule has 0 amide bonds. The first-order valence-corrected chi connectivity index (χ1v) is 5.91. The molecule has 1 N–H and O–H groups in total. The van der Waals surface area contributed by atoms with E-state index in [0.29, 0.717) is 11.6 Å². The lowest BCUT2D eigenvalue weighted by molar-refractivity contribution is 0.100. The summed E-state index contributed by atoms with van der Waals surface area (Å²) in [6.07, 6.45) is 3.49. The zero-order chi connectivity index (χ0) is 11.5. The topological polar surface area (TPSA) is 46.9 Å². The molecular weight excluding hydrogens is 202 g/mol. The van der Waals surface area contributed by atoms with Crippen molar-refractivity contribution in [2.45, 2.75) is 26.2 Å². The average Bonchev–Trinajstić information content (AvgIpc) is 2.61. The van der Waals surface area contributed by atoms with Gasteiger partial charge >= 0.3 is 0 Å². The first-order chi connectivity index (χ1) is 7.66. The number of nitrogens with one attached hydrogen (secondary N) is 1. The van der Waals surface area contributed by atoms with Crippen molar-refractivity contribution in [1.82, 2.24) is 15.1 Å². The molecule has 0 aliphatic carbocycles. The zero-order valence-electron chi connectivity index (χ0n) is 9.99. The van der Waals surface area contributed by atoms with Crippen LogP contribution in [-0.2, 0) is 13.5 Å². The van der Waals surface area contributed by atoms with Gasteiger partial charge in [-0.25, -0.2) is 0 Å². The number of hydrogen-bond donors (Lipinski definition) is 1. The molecule has 0 saturated carbocycles. The van der Waals surface area contributed by atoms with Gasteiger partial charge in [-0.3, -0.25) is 9.48 Å². The van der Waals surface area contributed by atoms with E-state index in [4.69, 9.17) is 0 Å². The summed E-state index contributed by atoms with van der Waals surface area (Å²) in [5.74, 6) is 0.756. The average molecular weight is 221 g/mol. The van der Waals surface area contributed by atoms with E-state index in [9.17, 15) is 4.79 Å². The van der Waals surface area contributed by atoms with Crippen LogP contribution in [-0.4, -0.2) is 28.7 Å². The minimum absolute atomic E-state index is 0.0861. The van der Waals surface area contributed by atoms with Crippen LogP contribution in [0.1, 0.15) is 35.9 Å². The molecule has 1 atom stereocenters. The highest BCUT2D eigenvalue weighted by Gasteiger charge is 2.16. The molecule has 4 heteroatoms. The normalized spacial score (nSPS) is 21.0. The summed E-state index contributed by atoms with van der Waals surface area (Å²) >= 11 is 0. The van der Waals surface area contributed by atoms with Gasteiger partial charge in [-0.15, -0.1) is 0 Å². The van der Waals surface area contributed by atoms with Gasteiger partial charge in [-0.1, -0.05) is 0 Å². The predicted octanol–water partition coefficient (Wildman–Crippen LogP) is 1.16. The number of carbonyl (C=O) groups excluding carboxylic acids is 1. The van der Waals surface area contributed by atoms with Crippen molar-refractivity contribution >= 4 is 5.78 Å². The molecule has 88 valence electrons. The summed E-state index contributed by atoms with van der Waals surface area (Å²) in [7, 11) is 1.83. The van der Waals surface area contributed by atoms with Crippen molar-refractivity contribution in [3.8, 4) is 0 Å². The largest absolute Gasteiger partial charge is 0.316 e. The van der Waals surface area contributed by atoms with Gasteiger partial charge in [0.1, 0.15) is 5.69 Å². The number of ketones is 1. The van der Waals surface area contributed by atoms with Crippen LogP contribution in [0.15, 0.2) is 6.07 Å². The first-order valence-electron chi connectivity index (χ1n) is 5.91. The lowest BCUT2D eigenvalue weighted by Crippen LogP contribution is -2.30. The number of rotatable bonds is 3. The lowest BCUT2D eigenvalue weighted by Gasteiger charge is -2.21. The molecule has 1 saturated heterocycles. The van der Waals surface area contributed by atoms with Crippen molar-refractivity contribution in [1.29, 1.82) is 0 Å². The number of piperidine rings is 1. The van der Waals surface area contributed by atoms with Gasteiger partial charge in [0.05, 0.1) is 5.69 Å². The number of Topliss-reactive ketones (excluding diaryl/α,β-unsaturated/α-hetero) is 1. The number of aryl methyl sites for hydroxylation is 1. The van der Waals surface area contributed by atoms with Crippen molar-refractivity contribution in [3.63, 3.8) is 0 Å².